The van der Waals surface area contributed by atoms with Crippen LogP contribution in [0.2, 0.25) is 0 Å². The molecule has 110 valence electrons. The number of benzene rings is 1. The predicted molar refractivity (Wildman–Crippen MR) is 82.9 cm³/mol. The Kier molecular flexibility index (Phi) is 4.13. The van der Waals surface area contributed by atoms with E-state index in [-0.39, 0.29) is 11.6 Å². The molecule has 2 atom stereocenters. The van der Waals surface area contributed by atoms with E-state index in [0.717, 1.165) is 19.3 Å². The van der Waals surface area contributed by atoms with Crippen molar-refractivity contribution in [1.29, 1.82) is 0 Å². The molecule has 2 unspecified atom stereocenters. The summed E-state index contributed by atoms with van der Waals surface area (Å²) in [5.74, 6) is 0.627. The Morgan fingerprint density at radius 3 is 2.75 bits per heavy atom. The molecule has 0 bridgehead atoms. The number of fused-ring (bicyclic) bond motifs is 1. The SMILES string of the molecule is COC1(C(N)CC2CCCc3ccccc32)CCCC1. The lowest BCUT2D eigenvalue weighted by Crippen LogP contribution is -2.48. The molecule has 0 amide bonds. The van der Waals surface area contributed by atoms with Gasteiger partial charge in [0.1, 0.15) is 0 Å². The number of ether oxygens (including phenoxy) is 1. The van der Waals surface area contributed by atoms with Gasteiger partial charge in [-0.1, -0.05) is 37.1 Å². The monoisotopic (exact) mass is 273 g/mol. The molecule has 0 spiro atoms. The van der Waals surface area contributed by atoms with Gasteiger partial charge in [0.25, 0.3) is 0 Å². The van der Waals surface area contributed by atoms with Crippen molar-refractivity contribution in [2.75, 3.05) is 7.11 Å². The second-order valence-corrected chi connectivity index (χ2v) is 6.61. The van der Waals surface area contributed by atoms with E-state index in [2.05, 4.69) is 24.3 Å². The molecule has 1 aromatic carbocycles. The molecule has 1 saturated carbocycles. The van der Waals surface area contributed by atoms with Crippen LogP contribution in [0.15, 0.2) is 24.3 Å². The van der Waals surface area contributed by atoms with E-state index in [4.69, 9.17) is 10.5 Å². The largest absolute Gasteiger partial charge is 0.377 e. The average molecular weight is 273 g/mol. The van der Waals surface area contributed by atoms with Gasteiger partial charge in [0.15, 0.2) is 0 Å². The predicted octanol–water partition coefficient (Wildman–Crippen LogP) is 3.78. The van der Waals surface area contributed by atoms with Crippen LogP contribution in [0.4, 0.5) is 0 Å². The summed E-state index contributed by atoms with van der Waals surface area (Å²) in [6.45, 7) is 0. The molecule has 2 aliphatic rings. The topological polar surface area (TPSA) is 35.2 Å². The quantitative estimate of drug-likeness (QED) is 0.906. The lowest BCUT2D eigenvalue weighted by molar-refractivity contribution is -0.0293. The highest BCUT2D eigenvalue weighted by atomic mass is 16.5. The number of rotatable bonds is 4. The van der Waals surface area contributed by atoms with Gasteiger partial charge in [-0.05, 0) is 55.6 Å². The van der Waals surface area contributed by atoms with E-state index in [1.54, 1.807) is 5.56 Å². The first-order valence-corrected chi connectivity index (χ1v) is 8.14. The Morgan fingerprint density at radius 2 is 2.00 bits per heavy atom. The van der Waals surface area contributed by atoms with Crippen molar-refractivity contribution in [2.45, 2.75) is 68.9 Å². The third-order valence-electron chi connectivity index (χ3n) is 5.56. The molecular formula is C18H27NO. The summed E-state index contributed by atoms with van der Waals surface area (Å²) in [4.78, 5) is 0. The second kappa shape index (κ2) is 5.87. The Bertz CT molecular complexity index is 450. The van der Waals surface area contributed by atoms with Gasteiger partial charge in [0.2, 0.25) is 0 Å². The molecule has 0 saturated heterocycles. The molecule has 0 aromatic heterocycles. The number of hydrogen-bond acceptors (Lipinski definition) is 2. The maximum absolute atomic E-state index is 6.59. The summed E-state index contributed by atoms with van der Waals surface area (Å²) in [7, 11) is 1.85. The van der Waals surface area contributed by atoms with Gasteiger partial charge in [0, 0.05) is 13.2 Å². The first-order valence-electron chi connectivity index (χ1n) is 8.14. The van der Waals surface area contributed by atoms with Crippen molar-refractivity contribution in [3.8, 4) is 0 Å². The molecule has 2 aliphatic carbocycles. The standard InChI is InChI=1S/C18H27NO/c1-20-18(11-4-5-12-18)17(19)13-15-9-6-8-14-7-2-3-10-16(14)15/h2-3,7,10,15,17H,4-6,8-9,11-13,19H2,1H3. The van der Waals surface area contributed by atoms with Gasteiger partial charge in [-0.2, -0.15) is 0 Å². The molecule has 0 aliphatic heterocycles. The maximum atomic E-state index is 6.59. The van der Waals surface area contributed by atoms with Crippen LogP contribution in [0.3, 0.4) is 0 Å². The molecular weight excluding hydrogens is 246 g/mol. The number of nitrogens with two attached hydrogens (primary N) is 1. The lowest BCUT2D eigenvalue weighted by Gasteiger charge is -2.37. The van der Waals surface area contributed by atoms with Crippen molar-refractivity contribution in [1.82, 2.24) is 0 Å². The van der Waals surface area contributed by atoms with Crippen molar-refractivity contribution >= 4 is 0 Å². The van der Waals surface area contributed by atoms with E-state index in [1.807, 2.05) is 7.11 Å². The van der Waals surface area contributed by atoms with Gasteiger partial charge in [-0.15, -0.1) is 0 Å². The fourth-order valence-electron chi connectivity index (χ4n) is 4.32. The zero-order valence-corrected chi connectivity index (χ0v) is 12.6. The van der Waals surface area contributed by atoms with Crippen molar-refractivity contribution in [2.24, 2.45) is 5.73 Å². The van der Waals surface area contributed by atoms with Crippen LogP contribution in [-0.2, 0) is 11.2 Å². The van der Waals surface area contributed by atoms with Gasteiger partial charge in [0.05, 0.1) is 5.60 Å². The third kappa shape index (κ3) is 2.51. The fraction of sp³-hybridized carbons (Fsp3) is 0.667. The van der Waals surface area contributed by atoms with E-state index in [0.29, 0.717) is 5.92 Å². The molecule has 1 aromatic rings. The van der Waals surface area contributed by atoms with Crippen LogP contribution in [0.5, 0.6) is 0 Å². The molecule has 1 fully saturated rings. The first-order chi connectivity index (χ1) is 9.75. The average Bonchev–Trinajstić information content (AvgIpc) is 2.98. The minimum atomic E-state index is -0.0492. The van der Waals surface area contributed by atoms with Gasteiger partial charge < -0.3 is 10.5 Å². The van der Waals surface area contributed by atoms with Crippen molar-refractivity contribution < 1.29 is 4.74 Å². The molecule has 2 heteroatoms. The summed E-state index contributed by atoms with van der Waals surface area (Å²) in [5.41, 5.74) is 9.61. The van der Waals surface area contributed by atoms with Crippen molar-refractivity contribution in [3.05, 3.63) is 35.4 Å². The Balaban J connectivity index is 1.75. The Morgan fingerprint density at radius 1 is 1.25 bits per heavy atom. The lowest BCUT2D eigenvalue weighted by atomic mass is 9.76. The van der Waals surface area contributed by atoms with Crippen LogP contribution in [-0.4, -0.2) is 18.8 Å². The second-order valence-electron chi connectivity index (χ2n) is 6.61. The molecule has 20 heavy (non-hydrogen) atoms. The summed E-state index contributed by atoms with van der Waals surface area (Å²) in [5, 5.41) is 0. The van der Waals surface area contributed by atoms with Crippen LogP contribution < -0.4 is 5.73 Å². The zero-order valence-electron chi connectivity index (χ0n) is 12.6. The van der Waals surface area contributed by atoms with Crippen LogP contribution in [0.25, 0.3) is 0 Å². The zero-order chi connectivity index (χ0) is 14.0. The highest BCUT2D eigenvalue weighted by molar-refractivity contribution is 5.32. The molecule has 2 N–H and O–H groups in total. The summed E-state index contributed by atoms with van der Waals surface area (Å²) in [6, 6.07) is 9.10. The highest BCUT2D eigenvalue weighted by Gasteiger charge is 2.40. The third-order valence-corrected chi connectivity index (χ3v) is 5.56. The molecule has 0 heterocycles. The molecule has 3 rings (SSSR count). The van der Waals surface area contributed by atoms with Crippen LogP contribution in [0.1, 0.15) is 62.0 Å². The van der Waals surface area contributed by atoms with Gasteiger partial charge >= 0.3 is 0 Å². The maximum Gasteiger partial charge on any atom is 0.0829 e. The van der Waals surface area contributed by atoms with Crippen molar-refractivity contribution in [3.63, 3.8) is 0 Å². The minimum Gasteiger partial charge on any atom is -0.377 e. The number of methoxy groups -OCH3 is 1. The molecule has 2 nitrogen and oxygen atoms in total. The minimum absolute atomic E-state index is 0.0492. The van der Waals surface area contributed by atoms with E-state index in [1.165, 1.54) is 37.7 Å². The summed E-state index contributed by atoms with van der Waals surface area (Å²) < 4.78 is 5.87. The van der Waals surface area contributed by atoms with E-state index < -0.39 is 0 Å². The van der Waals surface area contributed by atoms with Crippen LogP contribution >= 0.6 is 0 Å². The normalized spacial score (nSPS) is 26.2. The Hall–Kier alpha value is -0.860. The first kappa shape index (κ1) is 14.1. The van der Waals surface area contributed by atoms with Crippen LogP contribution in [0, 0.1) is 0 Å². The smallest absolute Gasteiger partial charge is 0.0829 e. The van der Waals surface area contributed by atoms with Gasteiger partial charge in [-0.3, -0.25) is 0 Å². The van der Waals surface area contributed by atoms with Gasteiger partial charge in [-0.25, -0.2) is 0 Å². The summed E-state index contributed by atoms with van der Waals surface area (Å²) >= 11 is 0. The van der Waals surface area contributed by atoms with E-state index in [9.17, 15) is 0 Å². The Labute approximate surface area is 122 Å². The summed E-state index contributed by atoms with van der Waals surface area (Å²) in [6.07, 6.45) is 9.70. The number of aryl methyl sites for hydroxylation is 1. The number of hydrogen-bond donors (Lipinski definition) is 1. The van der Waals surface area contributed by atoms with E-state index >= 15 is 0 Å². The molecule has 0 radical (unpaired) electrons. The highest BCUT2D eigenvalue weighted by Crippen LogP contribution is 2.41. The fourth-order valence-corrected chi connectivity index (χ4v) is 4.32.